The van der Waals surface area contributed by atoms with Crippen molar-refractivity contribution in [1.82, 2.24) is 4.57 Å². The van der Waals surface area contributed by atoms with Gasteiger partial charge in [-0.15, -0.1) is 0 Å². The molecule has 220 valence electrons. The van der Waals surface area contributed by atoms with Crippen LogP contribution in [-0.2, 0) is 31.0 Å². The number of aryl methyl sites for hydroxylation is 1. The highest BCUT2D eigenvalue weighted by Crippen LogP contribution is 2.54. The molecule has 43 heavy (non-hydrogen) atoms. The molecule has 3 unspecified atom stereocenters. The first-order valence-corrected chi connectivity index (χ1v) is 17.0. The van der Waals surface area contributed by atoms with Gasteiger partial charge in [0.1, 0.15) is 11.8 Å². The summed E-state index contributed by atoms with van der Waals surface area (Å²) in [7, 11) is -3.89. The molecule has 0 bridgehead atoms. The number of nitrogens with one attached hydrogen (secondary N) is 1. The maximum atomic E-state index is 14.0. The van der Waals surface area contributed by atoms with Gasteiger partial charge in [-0.1, -0.05) is 68.9 Å². The molecule has 1 aromatic heterocycles. The first-order valence-electron chi connectivity index (χ1n) is 12.9. The van der Waals surface area contributed by atoms with Crippen molar-refractivity contribution >= 4 is 78.1 Å². The fourth-order valence-electron chi connectivity index (χ4n) is 5.33. The van der Waals surface area contributed by atoms with Crippen LogP contribution in [0, 0.1) is 12.8 Å². The lowest BCUT2D eigenvalue weighted by atomic mass is 9.83. The smallest absolute Gasteiger partial charge is 0.308 e. The molecule has 3 amide bonds. The van der Waals surface area contributed by atoms with E-state index in [1.54, 1.807) is 12.1 Å². The molecule has 3 N–H and O–H groups in total. The number of rotatable bonds is 6. The predicted octanol–water partition coefficient (Wildman–Crippen LogP) is 4.06. The molecule has 10 nitrogen and oxygen atoms in total. The van der Waals surface area contributed by atoms with Crippen molar-refractivity contribution in [2.45, 2.75) is 34.6 Å². The highest BCUT2D eigenvalue weighted by atomic mass is 79.9. The molecule has 1 saturated heterocycles. The minimum atomic E-state index is -3.89. The molecule has 3 atom stereocenters. The van der Waals surface area contributed by atoms with Gasteiger partial charge in [0.05, 0.1) is 21.5 Å². The number of hydrogen-bond donors (Lipinski definition) is 2. The number of hydrogen-bond acceptors (Lipinski definition) is 8. The minimum Gasteiger partial charge on any atom is -0.325 e. The third-order valence-corrected chi connectivity index (χ3v) is 11.3. The van der Waals surface area contributed by atoms with E-state index in [9.17, 15) is 27.6 Å². The number of halogens is 1. The predicted molar refractivity (Wildman–Crippen MR) is 168 cm³/mol. The van der Waals surface area contributed by atoms with E-state index in [0.29, 0.717) is 21.3 Å². The molecule has 0 aliphatic carbocycles. The molecule has 0 saturated carbocycles. The zero-order valence-corrected chi connectivity index (χ0v) is 26.4. The average Bonchev–Trinajstić information content (AvgIpc) is 3.39. The van der Waals surface area contributed by atoms with Crippen molar-refractivity contribution in [3.05, 3.63) is 103 Å². The molecular formula is C29H23BrN4O6S3. The van der Waals surface area contributed by atoms with Crippen LogP contribution >= 0.6 is 39.0 Å². The summed E-state index contributed by atoms with van der Waals surface area (Å²) in [6, 6.07) is 19.9. The number of fused-ring (bicyclic) bond motifs is 2. The Balaban J connectivity index is 1.37. The van der Waals surface area contributed by atoms with E-state index in [-0.39, 0.29) is 23.3 Å². The summed E-state index contributed by atoms with van der Waals surface area (Å²) in [5.74, 6) is -2.58. The molecule has 0 radical (unpaired) electrons. The summed E-state index contributed by atoms with van der Waals surface area (Å²) < 4.78 is 25.2. The van der Waals surface area contributed by atoms with E-state index >= 15 is 0 Å². The summed E-state index contributed by atoms with van der Waals surface area (Å²) in [4.78, 5) is 55.5. The number of primary sulfonamides is 1. The molecule has 3 heterocycles. The van der Waals surface area contributed by atoms with Crippen LogP contribution in [0.4, 0.5) is 11.4 Å². The third kappa shape index (κ3) is 5.49. The maximum Gasteiger partial charge on any atom is 0.308 e. The van der Waals surface area contributed by atoms with Crippen molar-refractivity contribution in [3.8, 4) is 0 Å². The number of sulfonamides is 1. The van der Waals surface area contributed by atoms with E-state index in [4.69, 9.17) is 5.14 Å². The molecule has 0 spiro atoms. The number of nitrogens with two attached hydrogens (primary N) is 1. The Labute approximate surface area is 263 Å². The number of thiazole rings is 1. The van der Waals surface area contributed by atoms with E-state index in [1.165, 1.54) is 33.7 Å². The van der Waals surface area contributed by atoms with Crippen LogP contribution in [0.3, 0.4) is 0 Å². The largest absolute Gasteiger partial charge is 0.325 e. The van der Waals surface area contributed by atoms with Crippen LogP contribution in [0.15, 0.2) is 92.0 Å². The van der Waals surface area contributed by atoms with Gasteiger partial charge in [0.15, 0.2) is 0 Å². The molecule has 6 rings (SSSR count). The van der Waals surface area contributed by atoms with Crippen molar-refractivity contribution in [2.75, 3.05) is 10.2 Å². The number of imide groups is 1. The fourth-order valence-corrected chi connectivity index (χ4v) is 9.04. The van der Waals surface area contributed by atoms with Gasteiger partial charge in [0.2, 0.25) is 27.7 Å². The number of carbonyl (C=O) groups excluding carboxylic acids is 3. The highest BCUT2D eigenvalue weighted by Gasteiger charge is 2.56. The van der Waals surface area contributed by atoms with Gasteiger partial charge in [-0.2, -0.15) is 0 Å². The van der Waals surface area contributed by atoms with Gasteiger partial charge >= 0.3 is 4.87 Å². The van der Waals surface area contributed by atoms with E-state index in [1.807, 2.05) is 43.3 Å². The number of benzene rings is 3. The number of thioether (sulfide) groups is 1. The van der Waals surface area contributed by atoms with Gasteiger partial charge in [0.25, 0.3) is 0 Å². The fraction of sp³-hybridized carbons (Fsp3) is 0.172. The van der Waals surface area contributed by atoms with Crippen LogP contribution < -0.4 is 20.2 Å². The summed E-state index contributed by atoms with van der Waals surface area (Å²) in [5.41, 5.74) is 2.56. The Morgan fingerprint density at radius 1 is 1.00 bits per heavy atom. The third-order valence-electron chi connectivity index (χ3n) is 7.32. The van der Waals surface area contributed by atoms with Crippen LogP contribution in [0.2, 0.25) is 0 Å². The molecule has 1 fully saturated rings. The Morgan fingerprint density at radius 3 is 2.35 bits per heavy atom. The van der Waals surface area contributed by atoms with E-state index in [2.05, 4.69) is 21.2 Å². The quantitative estimate of drug-likeness (QED) is 0.289. The number of anilines is 2. The molecule has 2 aliphatic rings. The van der Waals surface area contributed by atoms with Crippen molar-refractivity contribution in [1.29, 1.82) is 0 Å². The number of carbonyl (C=O) groups is 3. The second-order valence-electron chi connectivity index (χ2n) is 10.2. The summed E-state index contributed by atoms with van der Waals surface area (Å²) in [6.07, 6.45) is 0. The lowest BCUT2D eigenvalue weighted by molar-refractivity contribution is -0.122. The Hall–Kier alpha value is -3.56. The normalized spacial score (nSPS) is 19.7. The minimum absolute atomic E-state index is 0.103. The summed E-state index contributed by atoms with van der Waals surface area (Å²) >= 11 is 5.59. The highest BCUT2D eigenvalue weighted by molar-refractivity contribution is 9.10. The van der Waals surface area contributed by atoms with Gasteiger partial charge in [-0.25, -0.2) is 18.5 Å². The van der Waals surface area contributed by atoms with Crippen LogP contribution in [0.25, 0.3) is 0 Å². The maximum absolute atomic E-state index is 14.0. The Morgan fingerprint density at radius 2 is 1.70 bits per heavy atom. The van der Waals surface area contributed by atoms with Gasteiger partial charge < -0.3 is 5.32 Å². The molecule has 14 heteroatoms. The van der Waals surface area contributed by atoms with E-state index < -0.39 is 37.9 Å². The standard InChI is InChI=1S/C29H23BrN4O6S3/c1-15-5-9-19(10-6-15)34-26(36)23-22(16-3-2-4-17(30)13-16)25-28(41-24(23)27(34)37)33(29(38)42-25)14-21(35)32-18-7-11-20(12-8-18)43(31,39)40/h2-13,22-24H,14H2,1H3,(H,32,35)(H2,31,39,40). The monoisotopic (exact) mass is 698 g/mol. The number of aromatic nitrogens is 1. The van der Waals surface area contributed by atoms with Gasteiger partial charge in [0, 0.05) is 21.0 Å². The van der Waals surface area contributed by atoms with Crippen molar-refractivity contribution < 1.29 is 22.8 Å². The second-order valence-corrected chi connectivity index (χ2v) is 14.8. The topological polar surface area (TPSA) is 149 Å². The summed E-state index contributed by atoms with van der Waals surface area (Å²) in [6.45, 7) is 1.57. The molecular weight excluding hydrogens is 676 g/mol. The summed E-state index contributed by atoms with van der Waals surface area (Å²) in [5, 5.41) is 7.46. The SMILES string of the molecule is Cc1ccc(N2C(=O)C3Sc4c(sc(=O)n4CC(=O)Nc4ccc(S(N)(=O)=O)cc4)C(c4cccc(Br)c4)C3C2=O)cc1. The first-order chi connectivity index (χ1) is 20.4. The lowest BCUT2D eigenvalue weighted by Crippen LogP contribution is -2.33. The average molecular weight is 700 g/mol. The van der Waals surface area contributed by atoms with Crippen molar-refractivity contribution in [3.63, 3.8) is 0 Å². The molecule has 3 aromatic carbocycles. The van der Waals surface area contributed by atoms with Crippen LogP contribution in [0.1, 0.15) is 21.9 Å². The van der Waals surface area contributed by atoms with Gasteiger partial charge in [-0.05, 0) is 61.0 Å². The first kappa shape index (κ1) is 29.5. The number of nitrogens with zero attached hydrogens (tertiary/aromatic N) is 2. The second kappa shape index (κ2) is 11.2. The van der Waals surface area contributed by atoms with Crippen LogP contribution in [0.5, 0.6) is 0 Å². The molecule has 4 aromatic rings. The van der Waals surface area contributed by atoms with E-state index in [0.717, 1.165) is 38.7 Å². The van der Waals surface area contributed by atoms with Crippen molar-refractivity contribution in [2.24, 2.45) is 11.1 Å². The Kier molecular flexibility index (Phi) is 7.67. The zero-order chi connectivity index (χ0) is 30.6. The zero-order valence-electron chi connectivity index (χ0n) is 22.4. The van der Waals surface area contributed by atoms with Gasteiger partial charge in [-0.3, -0.25) is 23.7 Å². The molecule has 2 aliphatic heterocycles. The van der Waals surface area contributed by atoms with Crippen LogP contribution in [-0.4, -0.2) is 36.0 Å². The Bertz CT molecular complexity index is 1960. The number of amides is 3. The lowest BCUT2D eigenvalue weighted by Gasteiger charge is -2.30.